The van der Waals surface area contributed by atoms with Gasteiger partial charge in [0.2, 0.25) is 5.78 Å². The smallest absolute Gasteiger partial charge is 0.387 e. The van der Waals surface area contributed by atoms with Crippen LogP contribution in [0.4, 0.5) is 8.78 Å². The lowest BCUT2D eigenvalue weighted by molar-refractivity contribution is -0.136. The number of Topliss-reactive ketones (excluding diaryl/α,β-unsaturated/α-hetero) is 1. The van der Waals surface area contributed by atoms with Gasteiger partial charge in [0.05, 0.1) is 7.11 Å². The summed E-state index contributed by atoms with van der Waals surface area (Å²) in [6.07, 6.45) is 2.56. The molecule has 0 aliphatic carbocycles. The van der Waals surface area contributed by atoms with Crippen LogP contribution in [0.3, 0.4) is 0 Å². The molecule has 0 radical (unpaired) electrons. The molecule has 8 heteroatoms. The van der Waals surface area contributed by atoms with Gasteiger partial charge in [-0.1, -0.05) is 6.07 Å². The SMILES string of the molecule is CCn1c(C)cc(C(=O)COC(=O)/C=C/c2ccc(OC(F)F)c(OC)c2)c1C. The molecule has 0 amide bonds. The zero-order chi connectivity index (χ0) is 21.6. The van der Waals surface area contributed by atoms with E-state index in [9.17, 15) is 18.4 Å². The first kappa shape index (κ1) is 22.1. The average Bonchev–Trinajstić information content (AvgIpc) is 2.98. The minimum Gasteiger partial charge on any atom is -0.493 e. The van der Waals surface area contributed by atoms with Crippen molar-refractivity contribution in [2.75, 3.05) is 13.7 Å². The van der Waals surface area contributed by atoms with Gasteiger partial charge < -0.3 is 18.8 Å². The van der Waals surface area contributed by atoms with Crippen molar-refractivity contribution in [3.8, 4) is 11.5 Å². The number of nitrogens with zero attached hydrogens (tertiary/aromatic N) is 1. The third-order valence-corrected chi connectivity index (χ3v) is 4.35. The van der Waals surface area contributed by atoms with Crippen molar-refractivity contribution < 1.29 is 32.6 Å². The average molecular weight is 407 g/mol. The van der Waals surface area contributed by atoms with E-state index in [-0.39, 0.29) is 23.9 Å². The van der Waals surface area contributed by atoms with Crippen molar-refractivity contribution >= 4 is 17.8 Å². The number of methoxy groups -OCH3 is 1. The van der Waals surface area contributed by atoms with Crippen LogP contribution >= 0.6 is 0 Å². The molecule has 0 saturated heterocycles. The predicted molar refractivity (Wildman–Crippen MR) is 104 cm³/mol. The number of ether oxygens (including phenoxy) is 3. The molecule has 1 heterocycles. The first-order chi connectivity index (χ1) is 13.8. The van der Waals surface area contributed by atoms with Crippen LogP contribution < -0.4 is 9.47 Å². The summed E-state index contributed by atoms with van der Waals surface area (Å²) in [7, 11) is 1.32. The van der Waals surface area contributed by atoms with Crippen LogP contribution in [0.15, 0.2) is 30.3 Å². The molecule has 0 aliphatic rings. The summed E-state index contributed by atoms with van der Waals surface area (Å²) in [6, 6.07) is 6.00. The number of hydrogen-bond acceptors (Lipinski definition) is 5. The zero-order valence-corrected chi connectivity index (χ0v) is 16.7. The molecule has 0 bridgehead atoms. The highest BCUT2D eigenvalue weighted by molar-refractivity contribution is 6.00. The quantitative estimate of drug-likeness (QED) is 0.355. The number of aryl methyl sites for hydroxylation is 1. The molecule has 156 valence electrons. The number of alkyl halides is 2. The highest BCUT2D eigenvalue weighted by atomic mass is 19.3. The molecule has 0 saturated carbocycles. The number of esters is 1. The maximum absolute atomic E-state index is 12.4. The maximum atomic E-state index is 12.4. The Morgan fingerprint density at radius 1 is 1.17 bits per heavy atom. The Morgan fingerprint density at radius 3 is 2.48 bits per heavy atom. The Balaban J connectivity index is 1.98. The van der Waals surface area contributed by atoms with Gasteiger partial charge in [-0.25, -0.2) is 4.79 Å². The molecule has 2 aromatic rings. The van der Waals surface area contributed by atoms with E-state index in [1.165, 1.54) is 31.4 Å². The van der Waals surface area contributed by atoms with Crippen molar-refractivity contribution in [1.29, 1.82) is 0 Å². The molecular weight excluding hydrogens is 384 g/mol. The Kier molecular flexibility index (Phi) is 7.52. The molecule has 2 rings (SSSR count). The number of benzene rings is 1. The second kappa shape index (κ2) is 9.86. The summed E-state index contributed by atoms with van der Waals surface area (Å²) >= 11 is 0. The van der Waals surface area contributed by atoms with E-state index in [2.05, 4.69) is 4.74 Å². The number of rotatable bonds is 9. The van der Waals surface area contributed by atoms with E-state index in [0.29, 0.717) is 11.1 Å². The summed E-state index contributed by atoms with van der Waals surface area (Å²) in [5.41, 5.74) is 2.84. The van der Waals surface area contributed by atoms with Crippen LogP contribution in [0, 0.1) is 13.8 Å². The molecule has 0 aliphatic heterocycles. The molecule has 29 heavy (non-hydrogen) atoms. The number of aromatic nitrogens is 1. The van der Waals surface area contributed by atoms with Gasteiger partial charge in [-0.15, -0.1) is 0 Å². The van der Waals surface area contributed by atoms with Gasteiger partial charge in [-0.05, 0) is 50.6 Å². The van der Waals surface area contributed by atoms with E-state index in [1.807, 2.05) is 25.3 Å². The van der Waals surface area contributed by atoms with Gasteiger partial charge in [0.15, 0.2) is 18.1 Å². The fourth-order valence-electron chi connectivity index (χ4n) is 2.98. The van der Waals surface area contributed by atoms with Crippen LogP contribution in [0.5, 0.6) is 11.5 Å². The lowest BCUT2D eigenvalue weighted by Gasteiger charge is -2.10. The monoisotopic (exact) mass is 407 g/mol. The minimum absolute atomic E-state index is 0.0993. The number of halogens is 2. The summed E-state index contributed by atoms with van der Waals surface area (Å²) in [5.74, 6) is -0.996. The van der Waals surface area contributed by atoms with Crippen molar-refractivity contribution in [3.63, 3.8) is 0 Å². The van der Waals surface area contributed by atoms with Crippen LogP contribution in [0.1, 0.15) is 34.2 Å². The van der Waals surface area contributed by atoms with Crippen molar-refractivity contribution in [3.05, 3.63) is 52.9 Å². The fourth-order valence-corrected chi connectivity index (χ4v) is 2.98. The Morgan fingerprint density at radius 2 is 1.90 bits per heavy atom. The van der Waals surface area contributed by atoms with Crippen LogP contribution in [0.25, 0.3) is 6.08 Å². The lowest BCUT2D eigenvalue weighted by atomic mass is 10.1. The number of hydrogen-bond donors (Lipinski definition) is 0. The van der Waals surface area contributed by atoms with E-state index in [4.69, 9.17) is 9.47 Å². The molecule has 0 N–H and O–H groups in total. The van der Waals surface area contributed by atoms with Gasteiger partial charge in [0.25, 0.3) is 0 Å². The molecule has 6 nitrogen and oxygen atoms in total. The highest BCUT2D eigenvalue weighted by Crippen LogP contribution is 2.29. The van der Waals surface area contributed by atoms with Gasteiger partial charge in [-0.3, -0.25) is 4.79 Å². The summed E-state index contributed by atoms with van der Waals surface area (Å²) in [4.78, 5) is 24.2. The maximum Gasteiger partial charge on any atom is 0.387 e. The Hall–Kier alpha value is -3.16. The van der Waals surface area contributed by atoms with Crippen LogP contribution in [-0.2, 0) is 16.1 Å². The highest BCUT2D eigenvalue weighted by Gasteiger charge is 2.16. The standard InChI is InChI=1S/C21H23F2NO5/c1-5-24-13(2)10-16(14(24)3)17(25)12-28-20(26)9-7-15-6-8-18(29-21(22)23)19(11-15)27-4/h6-11,21H,5,12H2,1-4H3/b9-7+. The van der Waals surface area contributed by atoms with E-state index < -0.39 is 12.6 Å². The summed E-state index contributed by atoms with van der Waals surface area (Å²) in [6.45, 7) is 3.15. The summed E-state index contributed by atoms with van der Waals surface area (Å²) in [5, 5.41) is 0. The molecule has 0 fully saturated rings. The van der Waals surface area contributed by atoms with E-state index in [1.54, 1.807) is 6.07 Å². The largest absolute Gasteiger partial charge is 0.493 e. The summed E-state index contributed by atoms with van der Waals surface area (Å²) < 4.78 is 41.1. The number of carbonyl (C=O) groups is 2. The normalized spacial score (nSPS) is 11.1. The fraction of sp³-hybridized carbons (Fsp3) is 0.333. The molecule has 0 spiro atoms. The molecular formula is C21H23F2NO5. The third kappa shape index (κ3) is 5.66. The second-order valence-corrected chi connectivity index (χ2v) is 6.18. The number of carbonyl (C=O) groups excluding carboxylic acids is 2. The van der Waals surface area contributed by atoms with E-state index in [0.717, 1.165) is 24.0 Å². The molecule has 1 aromatic heterocycles. The predicted octanol–water partition coefficient (Wildman–Crippen LogP) is 4.17. The topological polar surface area (TPSA) is 66.8 Å². The van der Waals surface area contributed by atoms with Crippen LogP contribution in [0.2, 0.25) is 0 Å². The van der Waals surface area contributed by atoms with Crippen molar-refractivity contribution in [2.24, 2.45) is 0 Å². The zero-order valence-electron chi connectivity index (χ0n) is 16.7. The van der Waals surface area contributed by atoms with Gasteiger partial charge >= 0.3 is 12.6 Å². The van der Waals surface area contributed by atoms with Gasteiger partial charge in [0.1, 0.15) is 0 Å². The van der Waals surface area contributed by atoms with Gasteiger partial charge in [-0.2, -0.15) is 8.78 Å². The molecule has 0 unspecified atom stereocenters. The first-order valence-corrected chi connectivity index (χ1v) is 8.94. The minimum atomic E-state index is -2.97. The first-order valence-electron chi connectivity index (χ1n) is 8.94. The van der Waals surface area contributed by atoms with Crippen molar-refractivity contribution in [1.82, 2.24) is 4.57 Å². The molecule has 0 atom stereocenters. The Labute approximate surface area is 167 Å². The van der Waals surface area contributed by atoms with Crippen LogP contribution in [-0.4, -0.2) is 36.6 Å². The second-order valence-electron chi connectivity index (χ2n) is 6.18. The number of ketones is 1. The molecule has 1 aromatic carbocycles. The van der Waals surface area contributed by atoms with E-state index >= 15 is 0 Å². The third-order valence-electron chi connectivity index (χ3n) is 4.35. The van der Waals surface area contributed by atoms with Crippen molar-refractivity contribution in [2.45, 2.75) is 33.9 Å². The lowest BCUT2D eigenvalue weighted by Crippen LogP contribution is -2.13. The Bertz CT molecular complexity index is 918. The van der Waals surface area contributed by atoms with Gasteiger partial charge in [0, 0.05) is 29.6 Å².